The molecule has 1 heterocycles. The largest absolute Gasteiger partial charge is 0.396 e. The highest BCUT2D eigenvalue weighted by Crippen LogP contribution is 2.16. The fraction of sp³-hybridized carbons (Fsp3) is 0.923. The normalized spacial score (nSPS) is 20.9. The molecule has 1 unspecified atom stereocenters. The first-order valence-electron chi connectivity index (χ1n) is 7.00. The molecule has 0 aromatic rings. The summed E-state index contributed by atoms with van der Waals surface area (Å²) in [5.41, 5.74) is 0. The number of hydrogen-bond donors (Lipinski definition) is 2. The van der Waals surface area contributed by atoms with Gasteiger partial charge in [0, 0.05) is 18.9 Å². The minimum absolute atomic E-state index is 0.0891. The summed E-state index contributed by atoms with van der Waals surface area (Å²) in [6.45, 7) is 5.13. The standard InChI is InChI=1S/C13H26N2O2S/c1-2-15-8-4-3-6-12(15)13(17)14-7-11-18-10-5-9-16/h12,16H,2-11H2,1H3,(H,14,17). The van der Waals surface area contributed by atoms with E-state index >= 15 is 0 Å². The van der Waals surface area contributed by atoms with E-state index in [4.69, 9.17) is 5.11 Å². The summed E-state index contributed by atoms with van der Waals surface area (Å²) in [5.74, 6) is 2.10. The second-order valence-electron chi connectivity index (χ2n) is 4.62. The molecule has 0 spiro atoms. The maximum atomic E-state index is 12.1. The first-order valence-corrected chi connectivity index (χ1v) is 8.15. The molecular formula is C13H26N2O2S. The third-order valence-corrected chi connectivity index (χ3v) is 4.39. The maximum absolute atomic E-state index is 12.1. The van der Waals surface area contributed by atoms with Crippen molar-refractivity contribution in [3.63, 3.8) is 0 Å². The van der Waals surface area contributed by atoms with Crippen LogP contribution in [0.25, 0.3) is 0 Å². The molecule has 4 nitrogen and oxygen atoms in total. The Labute approximate surface area is 115 Å². The number of carbonyl (C=O) groups excluding carboxylic acids is 1. The number of aliphatic hydroxyl groups excluding tert-OH is 1. The van der Waals surface area contributed by atoms with Gasteiger partial charge in [-0.1, -0.05) is 13.3 Å². The highest BCUT2D eigenvalue weighted by atomic mass is 32.2. The van der Waals surface area contributed by atoms with Crippen molar-refractivity contribution >= 4 is 17.7 Å². The minimum atomic E-state index is 0.0891. The Morgan fingerprint density at radius 2 is 2.28 bits per heavy atom. The van der Waals surface area contributed by atoms with Crippen LogP contribution in [0.1, 0.15) is 32.6 Å². The summed E-state index contributed by atoms with van der Waals surface area (Å²) in [6.07, 6.45) is 4.22. The van der Waals surface area contributed by atoms with Gasteiger partial charge in [0.1, 0.15) is 0 Å². The monoisotopic (exact) mass is 274 g/mol. The van der Waals surface area contributed by atoms with Crippen molar-refractivity contribution in [1.82, 2.24) is 10.2 Å². The zero-order valence-corrected chi connectivity index (χ0v) is 12.2. The summed E-state index contributed by atoms with van der Waals surface area (Å²) < 4.78 is 0. The molecule has 1 aliphatic rings. The summed E-state index contributed by atoms with van der Waals surface area (Å²) in [7, 11) is 0. The first-order chi connectivity index (χ1) is 8.79. The van der Waals surface area contributed by atoms with Gasteiger partial charge in [0.15, 0.2) is 0 Å². The lowest BCUT2D eigenvalue weighted by Crippen LogP contribution is -2.49. The number of piperidine rings is 1. The average molecular weight is 274 g/mol. The van der Waals surface area contributed by atoms with Crippen LogP contribution >= 0.6 is 11.8 Å². The number of nitrogens with zero attached hydrogens (tertiary/aromatic N) is 1. The summed E-state index contributed by atoms with van der Waals surface area (Å²) in [6, 6.07) is 0.0891. The molecule has 1 atom stereocenters. The van der Waals surface area contributed by atoms with Gasteiger partial charge in [-0.25, -0.2) is 0 Å². The Morgan fingerprint density at radius 3 is 3.00 bits per heavy atom. The molecule has 1 saturated heterocycles. The quantitative estimate of drug-likeness (QED) is 0.651. The van der Waals surface area contributed by atoms with Gasteiger partial charge in [0.05, 0.1) is 6.04 Å². The van der Waals surface area contributed by atoms with E-state index in [0.29, 0.717) is 0 Å². The minimum Gasteiger partial charge on any atom is -0.396 e. The van der Waals surface area contributed by atoms with Gasteiger partial charge in [0.25, 0.3) is 0 Å². The van der Waals surface area contributed by atoms with E-state index in [2.05, 4.69) is 17.1 Å². The molecule has 106 valence electrons. The lowest BCUT2D eigenvalue weighted by molar-refractivity contribution is -0.127. The Bertz CT molecular complexity index is 239. The number of likely N-dealkylation sites (tertiary alicyclic amines) is 1. The number of hydrogen-bond acceptors (Lipinski definition) is 4. The number of rotatable bonds is 8. The van der Waals surface area contributed by atoms with Gasteiger partial charge in [0.2, 0.25) is 5.91 Å². The Hall–Kier alpha value is -0.260. The van der Waals surface area contributed by atoms with E-state index in [1.807, 2.05) is 0 Å². The van der Waals surface area contributed by atoms with Crippen LogP contribution in [0.15, 0.2) is 0 Å². The van der Waals surface area contributed by atoms with E-state index in [1.165, 1.54) is 12.8 Å². The van der Waals surface area contributed by atoms with Gasteiger partial charge in [-0.05, 0) is 38.1 Å². The summed E-state index contributed by atoms with van der Waals surface area (Å²) in [4.78, 5) is 14.3. The van der Waals surface area contributed by atoms with Crippen molar-refractivity contribution in [2.45, 2.75) is 38.6 Å². The second-order valence-corrected chi connectivity index (χ2v) is 5.85. The van der Waals surface area contributed by atoms with Gasteiger partial charge >= 0.3 is 0 Å². The molecule has 0 bridgehead atoms. The fourth-order valence-corrected chi connectivity index (χ4v) is 3.08. The number of aliphatic hydroxyl groups is 1. The number of thioether (sulfide) groups is 1. The smallest absolute Gasteiger partial charge is 0.237 e. The molecule has 0 aromatic heterocycles. The molecule has 18 heavy (non-hydrogen) atoms. The van der Waals surface area contributed by atoms with Crippen molar-refractivity contribution < 1.29 is 9.90 Å². The molecule has 0 aliphatic carbocycles. The van der Waals surface area contributed by atoms with Gasteiger partial charge in [-0.2, -0.15) is 11.8 Å². The topological polar surface area (TPSA) is 52.6 Å². The van der Waals surface area contributed by atoms with E-state index in [1.54, 1.807) is 11.8 Å². The average Bonchev–Trinajstić information content (AvgIpc) is 2.42. The predicted octanol–water partition coefficient (Wildman–Crippen LogP) is 1.09. The maximum Gasteiger partial charge on any atom is 0.237 e. The molecule has 0 radical (unpaired) electrons. The van der Waals surface area contributed by atoms with Crippen LogP contribution in [0.5, 0.6) is 0 Å². The SMILES string of the molecule is CCN1CCCCC1C(=O)NCCSCCCO. The van der Waals surface area contributed by atoms with Crippen molar-refractivity contribution in [2.24, 2.45) is 0 Å². The van der Waals surface area contributed by atoms with E-state index in [9.17, 15) is 4.79 Å². The van der Waals surface area contributed by atoms with Crippen molar-refractivity contribution in [3.8, 4) is 0 Å². The highest BCUT2D eigenvalue weighted by Gasteiger charge is 2.26. The van der Waals surface area contributed by atoms with E-state index in [0.717, 1.165) is 44.0 Å². The zero-order valence-electron chi connectivity index (χ0n) is 11.4. The second kappa shape index (κ2) is 9.64. The molecule has 5 heteroatoms. The van der Waals surface area contributed by atoms with Crippen LogP contribution in [-0.4, -0.2) is 59.7 Å². The zero-order chi connectivity index (χ0) is 13.2. The lowest BCUT2D eigenvalue weighted by Gasteiger charge is -2.33. The van der Waals surface area contributed by atoms with E-state index < -0.39 is 0 Å². The van der Waals surface area contributed by atoms with Crippen LogP contribution in [0, 0.1) is 0 Å². The van der Waals surface area contributed by atoms with Crippen molar-refractivity contribution in [2.75, 3.05) is 37.7 Å². The van der Waals surface area contributed by atoms with Gasteiger partial charge < -0.3 is 10.4 Å². The number of likely N-dealkylation sites (N-methyl/N-ethyl adjacent to an activating group) is 1. The first kappa shape index (κ1) is 15.8. The predicted molar refractivity (Wildman–Crippen MR) is 76.9 cm³/mol. The molecular weight excluding hydrogens is 248 g/mol. The number of nitrogens with one attached hydrogen (secondary N) is 1. The molecule has 2 N–H and O–H groups in total. The highest BCUT2D eigenvalue weighted by molar-refractivity contribution is 7.99. The molecule has 1 aliphatic heterocycles. The summed E-state index contributed by atoms with van der Waals surface area (Å²) >= 11 is 1.78. The van der Waals surface area contributed by atoms with E-state index in [-0.39, 0.29) is 18.6 Å². The van der Waals surface area contributed by atoms with Gasteiger partial charge in [-0.3, -0.25) is 9.69 Å². The van der Waals surface area contributed by atoms with Crippen molar-refractivity contribution in [1.29, 1.82) is 0 Å². The Kier molecular flexibility index (Phi) is 8.46. The van der Waals surface area contributed by atoms with Crippen LogP contribution in [0.3, 0.4) is 0 Å². The number of carbonyl (C=O) groups is 1. The van der Waals surface area contributed by atoms with Crippen LogP contribution < -0.4 is 5.32 Å². The van der Waals surface area contributed by atoms with Crippen molar-refractivity contribution in [3.05, 3.63) is 0 Å². The van der Waals surface area contributed by atoms with Crippen LogP contribution in [0.2, 0.25) is 0 Å². The third kappa shape index (κ3) is 5.59. The Balaban J connectivity index is 2.14. The Morgan fingerprint density at radius 1 is 1.44 bits per heavy atom. The summed E-state index contributed by atoms with van der Waals surface area (Å²) in [5, 5.41) is 11.7. The molecule has 1 amide bonds. The van der Waals surface area contributed by atoms with Gasteiger partial charge in [-0.15, -0.1) is 0 Å². The fourth-order valence-electron chi connectivity index (χ4n) is 2.30. The molecule has 1 rings (SSSR count). The molecule has 0 aromatic carbocycles. The number of amides is 1. The molecule has 1 fully saturated rings. The lowest BCUT2D eigenvalue weighted by atomic mass is 10.0. The third-order valence-electron chi connectivity index (χ3n) is 3.31. The molecule has 0 saturated carbocycles. The van der Waals surface area contributed by atoms with Crippen LogP contribution in [-0.2, 0) is 4.79 Å². The van der Waals surface area contributed by atoms with Crippen LogP contribution in [0.4, 0.5) is 0 Å².